The molecular weight excluding hydrogens is 136 g/mol. The topological polar surface area (TPSA) is 24.1 Å². The molecule has 1 heterocycles. The smallest absolute Gasteiger partial charge is 0.0576 e. The standard InChI is InChI=1S/C9H16N2/c1-3-6-10-9-5-4-8(2)11-7-9/h1,8-11H,4-7H2,2H3. The van der Waals surface area contributed by atoms with Crippen molar-refractivity contribution in [2.75, 3.05) is 13.1 Å². The minimum atomic E-state index is 0.585. The first-order valence-electron chi connectivity index (χ1n) is 4.23. The van der Waals surface area contributed by atoms with Gasteiger partial charge >= 0.3 is 0 Å². The SMILES string of the molecule is C#CCNC1CCC(C)NC1. The second-order valence-electron chi connectivity index (χ2n) is 3.17. The van der Waals surface area contributed by atoms with E-state index in [0.717, 1.165) is 6.54 Å². The van der Waals surface area contributed by atoms with Crippen molar-refractivity contribution in [3.63, 3.8) is 0 Å². The van der Waals surface area contributed by atoms with Crippen molar-refractivity contribution in [3.05, 3.63) is 0 Å². The van der Waals surface area contributed by atoms with Crippen molar-refractivity contribution >= 4 is 0 Å². The van der Waals surface area contributed by atoms with Gasteiger partial charge in [0.25, 0.3) is 0 Å². The Morgan fingerprint density at radius 1 is 1.64 bits per heavy atom. The number of hydrogen-bond donors (Lipinski definition) is 2. The summed E-state index contributed by atoms with van der Waals surface area (Å²) in [6, 6.07) is 1.26. The summed E-state index contributed by atoms with van der Waals surface area (Å²) in [5, 5.41) is 6.70. The second kappa shape index (κ2) is 4.38. The number of hydrogen-bond acceptors (Lipinski definition) is 2. The van der Waals surface area contributed by atoms with Crippen LogP contribution in [0.4, 0.5) is 0 Å². The summed E-state index contributed by atoms with van der Waals surface area (Å²) in [6.45, 7) is 3.97. The zero-order valence-corrected chi connectivity index (χ0v) is 7.06. The Balaban J connectivity index is 2.13. The zero-order chi connectivity index (χ0) is 8.10. The van der Waals surface area contributed by atoms with Crippen LogP contribution in [0.5, 0.6) is 0 Å². The van der Waals surface area contributed by atoms with E-state index in [1.54, 1.807) is 0 Å². The lowest BCUT2D eigenvalue weighted by Gasteiger charge is -2.27. The molecule has 1 aliphatic heterocycles. The van der Waals surface area contributed by atoms with Gasteiger partial charge in [-0.15, -0.1) is 6.42 Å². The largest absolute Gasteiger partial charge is 0.313 e. The van der Waals surface area contributed by atoms with Gasteiger partial charge in [0.2, 0.25) is 0 Å². The van der Waals surface area contributed by atoms with E-state index in [4.69, 9.17) is 6.42 Å². The average molecular weight is 152 g/mol. The number of piperidine rings is 1. The molecule has 1 fully saturated rings. The van der Waals surface area contributed by atoms with Gasteiger partial charge < -0.3 is 10.6 Å². The van der Waals surface area contributed by atoms with Gasteiger partial charge in [0.15, 0.2) is 0 Å². The van der Waals surface area contributed by atoms with Gasteiger partial charge in [0.1, 0.15) is 0 Å². The van der Waals surface area contributed by atoms with E-state index in [1.165, 1.54) is 12.8 Å². The van der Waals surface area contributed by atoms with Gasteiger partial charge in [0.05, 0.1) is 6.54 Å². The predicted molar refractivity (Wildman–Crippen MR) is 47.3 cm³/mol. The minimum absolute atomic E-state index is 0.585. The normalized spacial score (nSPS) is 31.3. The number of nitrogens with one attached hydrogen (secondary N) is 2. The highest BCUT2D eigenvalue weighted by atomic mass is 15.0. The molecule has 1 saturated heterocycles. The third-order valence-electron chi connectivity index (χ3n) is 2.15. The van der Waals surface area contributed by atoms with E-state index in [1.807, 2.05) is 0 Å². The van der Waals surface area contributed by atoms with E-state index in [9.17, 15) is 0 Å². The van der Waals surface area contributed by atoms with Crippen molar-refractivity contribution < 1.29 is 0 Å². The van der Waals surface area contributed by atoms with E-state index in [0.29, 0.717) is 18.6 Å². The van der Waals surface area contributed by atoms with E-state index in [2.05, 4.69) is 23.5 Å². The quantitative estimate of drug-likeness (QED) is 0.558. The maximum atomic E-state index is 5.14. The molecule has 11 heavy (non-hydrogen) atoms. The molecule has 2 unspecified atom stereocenters. The Labute approximate surface area is 68.8 Å². The van der Waals surface area contributed by atoms with Crippen molar-refractivity contribution in [2.24, 2.45) is 0 Å². The Morgan fingerprint density at radius 3 is 3.00 bits per heavy atom. The monoisotopic (exact) mass is 152 g/mol. The Hall–Kier alpha value is -0.520. The molecule has 0 aromatic carbocycles. The summed E-state index contributed by atoms with van der Waals surface area (Å²) in [7, 11) is 0. The van der Waals surface area contributed by atoms with Crippen molar-refractivity contribution in [1.82, 2.24) is 10.6 Å². The van der Waals surface area contributed by atoms with Gasteiger partial charge in [-0.25, -0.2) is 0 Å². The van der Waals surface area contributed by atoms with Crippen molar-refractivity contribution in [2.45, 2.75) is 31.8 Å². The summed E-state index contributed by atoms with van der Waals surface area (Å²) in [4.78, 5) is 0. The third-order valence-corrected chi connectivity index (χ3v) is 2.15. The summed E-state index contributed by atoms with van der Waals surface area (Å²) in [6.07, 6.45) is 7.64. The molecule has 0 radical (unpaired) electrons. The second-order valence-corrected chi connectivity index (χ2v) is 3.17. The highest BCUT2D eigenvalue weighted by molar-refractivity contribution is 4.90. The fourth-order valence-electron chi connectivity index (χ4n) is 1.38. The Bertz CT molecular complexity index is 140. The lowest BCUT2D eigenvalue weighted by atomic mass is 10.0. The molecule has 62 valence electrons. The van der Waals surface area contributed by atoms with Gasteiger partial charge in [-0.1, -0.05) is 5.92 Å². The first kappa shape index (κ1) is 8.58. The van der Waals surface area contributed by atoms with Crippen molar-refractivity contribution in [1.29, 1.82) is 0 Å². The number of rotatable bonds is 2. The van der Waals surface area contributed by atoms with E-state index < -0.39 is 0 Å². The van der Waals surface area contributed by atoms with E-state index in [-0.39, 0.29) is 0 Å². The molecule has 2 heteroatoms. The fraction of sp³-hybridized carbons (Fsp3) is 0.778. The molecular formula is C9H16N2. The van der Waals surface area contributed by atoms with Crippen LogP contribution in [0.25, 0.3) is 0 Å². The summed E-state index contributed by atoms with van der Waals surface area (Å²) < 4.78 is 0. The van der Waals surface area contributed by atoms with Crippen LogP contribution < -0.4 is 10.6 Å². The molecule has 0 aromatic heterocycles. The summed E-state index contributed by atoms with van der Waals surface area (Å²) in [5.74, 6) is 2.59. The summed E-state index contributed by atoms with van der Waals surface area (Å²) in [5.41, 5.74) is 0. The number of terminal acetylenes is 1. The molecule has 0 bridgehead atoms. The minimum Gasteiger partial charge on any atom is -0.313 e. The third kappa shape index (κ3) is 2.92. The lowest BCUT2D eigenvalue weighted by Crippen LogP contribution is -2.46. The van der Waals surface area contributed by atoms with Crippen molar-refractivity contribution in [3.8, 4) is 12.3 Å². The molecule has 1 aliphatic rings. The highest BCUT2D eigenvalue weighted by Crippen LogP contribution is 2.06. The maximum absolute atomic E-state index is 5.14. The summed E-state index contributed by atoms with van der Waals surface area (Å²) >= 11 is 0. The van der Waals surface area contributed by atoms with Crippen LogP contribution in [0.15, 0.2) is 0 Å². The van der Waals surface area contributed by atoms with Gasteiger partial charge in [-0.3, -0.25) is 0 Å². The molecule has 0 aliphatic carbocycles. The molecule has 2 nitrogen and oxygen atoms in total. The fourth-order valence-corrected chi connectivity index (χ4v) is 1.38. The average Bonchev–Trinajstić information content (AvgIpc) is 2.04. The van der Waals surface area contributed by atoms with Gasteiger partial charge in [-0.05, 0) is 19.8 Å². The zero-order valence-electron chi connectivity index (χ0n) is 7.06. The van der Waals surface area contributed by atoms with Crippen LogP contribution in [0, 0.1) is 12.3 Å². The highest BCUT2D eigenvalue weighted by Gasteiger charge is 2.15. The van der Waals surface area contributed by atoms with Crippen LogP contribution >= 0.6 is 0 Å². The van der Waals surface area contributed by atoms with E-state index >= 15 is 0 Å². The van der Waals surface area contributed by atoms with Crippen LogP contribution in [-0.4, -0.2) is 25.2 Å². The van der Waals surface area contributed by atoms with Crippen LogP contribution in [0.3, 0.4) is 0 Å². The lowest BCUT2D eigenvalue weighted by molar-refractivity contribution is 0.347. The van der Waals surface area contributed by atoms with Gasteiger partial charge in [-0.2, -0.15) is 0 Å². The molecule has 2 atom stereocenters. The van der Waals surface area contributed by atoms with Crippen LogP contribution in [-0.2, 0) is 0 Å². The Kier molecular flexibility index (Phi) is 3.41. The first-order chi connectivity index (χ1) is 5.33. The maximum Gasteiger partial charge on any atom is 0.0576 e. The molecule has 0 aromatic rings. The molecule has 0 saturated carbocycles. The van der Waals surface area contributed by atoms with Crippen LogP contribution in [0.2, 0.25) is 0 Å². The molecule has 1 rings (SSSR count). The molecule has 0 spiro atoms. The van der Waals surface area contributed by atoms with Gasteiger partial charge in [0, 0.05) is 18.6 Å². The van der Waals surface area contributed by atoms with Crippen LogP contribution in [0.1, 0.15) is 19.8 Å². The Morgan fingerprint density at radius 2 is 2.45 bits per heavy atom. The molecule has 0 amide bonds. The first-order valence-corrected chi connectivity index (χ1v) is 4.23. The molecule has 2 N–H and O–H groups in total. The predicted octanol–water partition coefficient (Wildman–Crippen LogP) is 0.350.